The number of ether oxygens (including phenoxy) is 1. The normalized spacial score (nSPS) is 10.9. The molecule has 4 rings (SSSR count). The zero-order valence-electron chi connectivity index (χ0n) is 16.8. The lowest BCUT2D eigenvalue weighted by atomic mass is 10.1. The molecule has 7 nitrogen and oxygen atoms in total. The largest absolute Gasteiger partial charge is 0.455 e. The van der Waals surface area contributed by atoms with Crippen LogP contribution in [0, 0.1) is 0 Å². The van der Waals surface area contributed by atoms with E-state index < -0.39 is 5.97 Å². The summed E-state index contributed by atoms with van der Waals surface area (Å²) >= 11 is 2.83. The second kappa shape index (κ2) is 9.76. The van der Waals surface area contributed by atoms with E-state index in [-0.39, 0.29) is 18.3 Å². The lowest BCUT2D eigenvalue weighted by Crippen LogP contribution is -2.21. The van der Waals surface area contributed by atoms with Crippen molar-refractivity contribution in [2.24, 2.45) is 0 Å². The number of esters is 1. The van der Waals surface area contributed by atoms with E-state index in [1.807, 2.05) is 71.5 Å². The fourth-order valence-electron chi connectivity index (χ4n) is 3.10. The molecule has 2 aromatic heterocycles. The number of thiophene rings is 1. The van der Waals surface area contributed by atoms with Crippen molar-refractivity contribution in [3.8, 4) is 10.7 Å². The molecule has 0 unspecified atom stereocenters. The van der Waals surface area contributed by atoms with E-state index in [4.69, 9.17) is 4.74 Å². The molecule has 4 aromatic rings. The summed E-state index contributed by atoms with van der Waals surface area (Å²) in [4.78, 5) is 25.4. The number of hydrogen-bond donors (Lipinski definition) is 1. The molecule has 0 spiro atoms. The average Bonchev–Trinajstić information content (AvgIpc) is 3.46. The molecule has 0 saturated carbocycles. The molecule has 0 saturated heterocycles. The van der Waals surface area contributed by atoms with Gasteiger partial charge in [0.05, 0.1) is 10.6 Å². The summed E-state index contributed by atoms with van der Waals surface area (Å²) in [6, 6.07) is 17.4. The zero-order valence-corrected chi connectivity index (χ0v) is 18.4. The van der Waals surface area contributed by atoms with E-state index in [0.717, 1.165) is 21.5 Å². The molecular weight excluding hydrogens is 432 g/mol. The van der Waals surface area contributed by atoms with Gasteiger partial charge in [-0.3, -0.25) is 9.59 Å². The smallest absolute Gasteiger partial charge is 0.316 e. The maximum Gasteiger partial charge on any atom is 0.316 e. The lowest BCUT2D eigenvalue weighted by molar-refractivity contribution is -0.144. The quantitative estimate of drug-likeness (QED) is 0.314. The molecule has 31 heavy (non-hydrogen) atoms. The number of carbonyl (C=O) groups is 2. The van der Waals surface area contributed by atoms with Crippen molar-refractivity contribution in [2.45, 2.75) is 18.6 Å². The first-order valence-electron chi connectivity index (χ1n) is 9.69. The highest BCUT2D eigenvalue weighted by atomic mass is 32.2. The van der Waals surface area contributed by atoms with Crippen LogP contribution in [0.3, 0.4) is 0 Å². The zero-order chi connectivity index (χ0) is 21.6. The molecule has 1 amide bonds. The van der Waals surface area contributed by atoms with E-state index in [1.54, 1.807) is 11.3 Å². The Morgan fingerprint density at radius 3 is 2.74 bits per heavy atom. The summed E-state index contributed by atoms with van der Waals surface area (Å²) in [5.74, 6) is -0.0416. The van der Waals surface area contributed by atoms with Gasteiger partial charge in [0.25, 0.3) is 5.91 Å². The first-order chi connectivity index (χ1) is 15.2. The number of amides is 1. The number of rotatable bonds is 8. The van der Waals surface area contributed by atoms with Crippen LogP contribution in [0.5, 0.6) is 0 Å². The van der Waals surface area contributed by atoms with Crippen molar-refractivity contribution < 1.29 is 14.3 Å². The predicted octanol–water partition coefficient (Wildman–Crippen LogP) is 4.45. The maximum atomic E-state index is 12.2. The molecule has 158 valence electrons. The number of nitrogens with zero attached hydrogens (tertiary/aromatic N) is 3. The molecule has 1 N–H and O–H groups in total. The Bertz CT molecular complexity index is 1200. The number of fused-ring (bicyclic) bond motifs is 1. The topological polar surface area (TPSA) is 86.1 Å². The summed E-state index contributed by atoms with van der Waals surface area (Å²) in [6.07, 6.45) is 0. The Kier molecular flexibility index (Phi) is 6.63. The minimum Gasteiger partial charge on any atom is -0.455 e. The summed E-state index contributed by atoms with van der Waals surface area (Å²) in [7, 11) is 0. The fourth-order valence-corrected chi connectivity index (χ4v) is 4.62. The third-order valence-corrected chi connectivity index (χ3v) is 6.33. The van der Waals surface area contributed by atoms with Crippen molar-refractivity contribution in [3.05, 3.63) is 60.0 Å². The van der Waals surface area contributed by atoms with Gasteiger partial charge in [0.1, 0.15) is 0 Å². The van der Waals surface area contributed by atoms with Gasteiger partial charge in [-0.15, -0.1) is 21.5 Å². The van der Waals surface area contributed by atoms with Gasteiger partial charge in [-0.1, -0.05) is 54.2 Å². The van der Waals surface area contributed by atoms with Crippen LogP contribution in [0.1, 0.15) is 6.92 Å². The van der Waals surface area contributed by atoms with Gasteiger partial charge in [0.15, 0.2) is 17.6 Å². The number of nitrogens with one attached hydrogen (secondary N) is 1. The monoisotopic (exact) mass is 452 g/mol. The molecule has 0 aliphatic carbocycles. The van der Waals surface area contributed by atoms with Crippen LogP contribution in [0.4, 0.5) is 5.69 Å². The highest BCUT2D eigenvalue weighted by Gasteiger charge is 2.16. The summed E-state index contributed by atoms with van der Waals surface area (Å²) in [6.45, 7) is 2.34. The first-order valence-corrected chi connectivity index (χ1v) is 11.6. The van der Waals surface area contributed by atoms with Gasteiger partial charge in [-0.25, -0.2) is 0 Å². The molecule has 0 aliphatic rings. The standard InChI is InChI=1S/C22H20N4O3S2/c1-2-26-21(18-11-6-12-30-18)24-25-22(26)31-14-20(28)29-13-19(27)23-17-10-5-8-15-7-3-4-9-16(15)17/h3-12H,2,13-14H2,1H3,(H,23,27). The summed E-state index contributed by atoms with van der Waals surface area (Å²) in [5, 5.41) is 15.8. The van der Waals surface area contributed by atoms with Crippen molar-refractivity contribution >= 4 is 51.4 Å². The highest BCUT2D eigenvalue weighted by molar-refractivity contribution is 7.99. The van der Waals surface area contributed by atoms with Gasteiger partial charge in [0, 0.05) is 17.6 Å². The SMILES string of the molecule is CCn1c(SCC(=O)OCC(=O)Nc2cccc3ccccc23)nnc1-c1cccs1. The van der Waals surface area contributed by atoms with Gasteiger partial charge < -0.3 is 14.6 Å². The van der Waals surface area contributed by atoms with E-state index in [0.29, 0.717) is 17.4 Å². The Balaban J connectivity index is 1.30. The van der Waals surface area contributed by atoms with E-state index in [1.165, 1.54) is 11.8 Å². The van der Waals surface area contributed by atoms with Crippen LogP contribution in [-0.2, 0) is 20.9 Å². The number of carbonyl (C=O) groups excluding carboxylic acids is 2. The van der Waals surface area contributed by atoms with Gasteiger partial charge in [0.2, 0.25) is 0 Å². The minimum absolute atomic E-state index is 0.0458. The van der Waals surface area contributed by atoms with Crippen LogP contribution in [0.15, 0.2) is 65.1 Å². The molecule has 0 atom stereocenters. The third-order valence-electron chi connectivity index (χ3n) is 4.52. The number of aromatic nitrogens is 3. The number of thioether (sulfide) groups is 1. The van der Waals surface area contributed by atoms with Crippen molar-refractivity contribution in [1.29, 1.82) is 0 Å². The molecule has 0 bridgehead atoms. The Labute approximate surface area is 187 Å². The van der Waals surface area contributed by atoms with E-state index >= 15 is 0 Å². The molecule has 2 aromatic carbocycles. The van der Waals surface area contributed by atoms with Gasteiger partial charge >= 0.3 is 5.97 Å². The van der Waals surface area contributed by atoms with Crippen molar-refractivity contribution in [2.75, 3.05) is 17.7 Å². The average molecular weight is 453 g/mol. The third kappa shape index (κ3) is 4.95. The molecular formula is C22H20N4O3S2. The second-order valence-electron chi connectivity index (χ2n) is 6.55. The number of benzene rings is 2. The maximum absolute atomic E-state index is 12.2. The molecule has 0 fully saturated rings. The first kappa shape index (κ1) is 21.1. The Hall–Kier alpha value is -3.17. The van der Waals surface area contributed by atoms with Crippen LogP contribution < -0.4 is 5.32 Å². The second-order valence-corrected chi connectivity index (χ2v) is 8.44. The van der Waals surface area contributed by atoms with Gasteiger partial charge in [-0.2, -0.15) is 0 Å². The number of anilines is 1. The molecule has 0 radical (unpaired) electrons. The van der Waals surface area contributed by atoms with Crippen molar-refractivity contribution in [3.63, 3.8) is 0 Å². The van der Waals surface area contributed by atoms with Crippen LogP contribution in [0.25, 0.3) is 21.5 Å². The van der Waals surface area contributed by atoms with E-state index in [2.05, 4.69) is 15.5 Å². The van der Waals surface area contributed by atoms with Crippen LogP contribution in [0.2, 0.25) is 0 Å². The lowest BCUT2D eigenvalue weighted by Gasteiger charge is -2.09. The fraction of sp³-hybridized carbons (Fsp3) is 0.182. The predicted molar refractivity (Wildman–Crippen MR) is 123 cm³/mol. The molecule has 9 heteroatoms. The van der Waals surface area contributed by atoms with Gasteiger partial charge in [-0.05, 0) is 29.8 Å². The minimum atomic E-state index is -0.485. The highest BCUT2D eigenvalue weighted by Crippen LogP contribution is 2.27. The van der Waals surface area contributed by atoms with Crippen LogP contribution >= 0.6 is 23.1 Å². The summed E-state index contributed by atoms with van der Waals surface area (Å²) < 4.78 is 7.09. The van der Waals surface area contributed by atoms with Crippen LogP contribution in [-0.4, -0.2) is 39.0 Å². The number of hydrogen-bond acceptors (Lipinski definition) is 7. The molecule has 0 aliphatic heterocycles. The Morgan fingerprint density at radius 2 is 1.94 bits per heavy atom. The summed E-state index contributed by atoms with van der Waals surface area (Å²) in [5.41, 5.74) is 0.686. The molecule has 2 heterocycles. The Morgan fingerprint density at radius 1 is 1.10 bits per heavy atom. The van der Waals surface area contributed by atoms with Crippen molar-refractivity contribution in [1.82, 2.24) is 14.8 Å². The van der Waals surface area contributed by atoms with E-state index in [9.17, 15) is 9.59 Å².